The fourth-order valence-electron chi connectivity index (χ4n) is 3.89. The molecule has 0 fully saturated rings. The number of nitrogens with one attached hydrogen (secondary N) is 1. The Hall–Kier alpha value is -2.96. The van der Waals surface area contributed by atoms with Crippen LogP contribution in [0.1, 0.15) is 36.5 Å². The summed E-state index contributed by atoms with van der Waals surface area (Å²) in [6.07, 6.45) is 3.10. The van der Waals surface area contributed by atoms with E-state index < -0.39 is 6.04 Å². The third-order valence-corrected chi connectivity index (χ3v) is 6.24. The number of aromatic nitrogens is 3. The van der Waals surface area contributed by atoms with Crippen molar-refractivity contribution in [3.8, 4) is 0 Å². The van der Waals surface area contributed by atoms with Crippen LogP contribution < -0.4 is 5.32 Å². The number of imidazole rings is 1. The predicted octanol–water partition coefficient (Wildman–Crippen LogP) is 5.78. The number of rotatable bonds is 8. The van der Waals surface area contributed by atoms with E-state index in [0.717, 1.165) is 5.69 Å². The predicted molar refractivity (Wildman–Crippen MR) is 129 cm³/mol. The molecule has 170 valence electrons. The average Bonchev–Trinajstić information content (AvgIpc) is 3.13. The highest BCUT2D eigenvalue weighted by Crippen LogP contribution is 2.32. The second-order valence-electron chi connectivity index (χ2n) is 7.71. The second kappa shape index (κ2) is 10.3. The van der Waals surface area contributed by atoms with Crippen molar-refractivity contribution in [1.82, 2.24) is 19.9 Å². The number of nitrogens with zero attached hydrogens (tertiary/aromatic N) is 3. The molecule has 0 saturated heterocycles. The molecule has 5 nitrogen and oxygen atoms in total. The summed E-state index contributed by atoms with van der Waals surface area (Å²) in [7, 11) is 0. The largest absolute Gasteiger partial charge is 0.354 e. The molecular weight excluding hydrogens is 462 g/mol. The van der Waals surface area contributed by atoms with Crippen molar-refractivity contribution >= 4 is 40.1 Å². The molecule has 4 aromatic rings. The molecular formula is C25H23Cl2FN4O. The van der Waals surface area contributed by atoms with E-state index in [1.807, 2.05) is 29.7 Å². The summed E-state index contributed by atoms with van der Waals surface area (Å²) in [5.74, 6) is 0.105. The number of carbonyl (C=O) groups excluding carboxylic acids is 1. The molecule has 4 rings (SSSR count). The Bertz CT molecular complexity index is 1280. The quantitative estimate of drug-likeness (QED) is 0.344. The molecule has 0 aliphatic heterocycles. The summed E-state index contributed by atoms with van der Waals surface area (Å²) in [6, 6.07) is 15.1. The molecule has 0 aliphatic carbocycles. The van der Waals surface area contributed by atoms with Crippen LogP contribution in [0.25, 0.3) is 11.0 Å². The van der Waals surface area contributed by atoms with E-state index >= 15 is 0 Å². The zero-order valence-electron chi connectivity index (χ0n) is 18.1. The molecule has 0 aliphatic rings. The van der Waals surface area contributed by atoms with Crippen LogP contribution in [0.2, 0.25) is 10.0 Å². The number of carbonyl (C=O) groups is 1. The van der Waals surface area contributed by atoms with Crippen LogP contribution in [0.5, 0.6) is 0 Å². The summed E-state index contributed by atoms with van der Waals surface area (Å²) in [6.45, 7) is 2.38. The maximum Gasteiger partial charge on any atom is 0.243 e. The summed E-state index contributed by atoms with van der Waals surface area (Å²) in [5, 5.41) is 3.75. The third-order valence-electron chi connectivity index (χ3n) is 5.52. The fraction of sp³-hybridized carbons (Fsp3) is 0.240. The number of hydrogen-bond acceptors (Lipinski definition) is 3. The molecule has 1 N–H and O–H groups in total. The smallest absolute Gasteiger partial charge is 0.243 e. The van der Waals surface area contributed by atoms with Crippen LogP contribution >= 0.6 is 23.2 Å². The zero-order valence-corrected chi connectivity index (χ0v) is 19.6. The number of pyridine rings is 1. The van der Waals surface area contributed by atoms with E-state index in [0.29, 0.717) is 51.9 Å². The van der Waals surface area contributed by atoms with Gasteiger partial charge in [0.1, 0.15) is 17.7 Å². The fourth-order valence-corrected chi connectivity index (χ4v) is 4.20. The second-order valence-corrected chi connectivity index (χ2v) is 8.52. The third kappa shape index (κ3) is 5.18. The van der Waals surface area contributed by atoms with Gasteiger partial charge in [-0.2, -0.15) is 0 Å². The number of hydrogen-bond donors (Lipinski definition) is 1. The first kappa shape index (κ1) is 23.2. The van der Waals surface area contributed by atoms with Crippen LogP contribution in [0.3, 0.4) is 0 Å². The van der Waals surface area contributed by atoms with Crippen LogP contribution in [0.4, 0.5) is 4.39 Å². The van der Waals surface area contributed by atoms with E-state index in [1.54, 1.807) is 36.5 Å². The molecule has 1 atom stereocenters. The first-order valence-electron chi connectivity index (χ1n) is 10.7. The Morgan fingerprint density at radius 2 is 1.88 bits per heavy atom. The average molecular weight is 485 g/mol. The summed E-state index contributed by atoms with van der Waals surface area (Å²) >= 11 is 12.5. The normalized spacial score (nSPS) is 12.1. The summed E-state index contributed by atoms with van der Waals surface area (Å²) in [4.78, 5) is 22.2. The number of amides is 1. The molecule has 0 spiro atoms. The van der Waals surface area contributed by atoms with Gasteiger partial charge in [-0.1, -0.05) is 54.4 Å². The van der Waals surface area contributed by atoms with E-state index in [9.17, 15) is 9.18 Å². The molecule has 2 aromatic heterocycles. The van der Waals surface area contributed by atoms with Crippen molar-refractivity contribution in [3.05, 3.63) is 93.7 Å². The van der Waals surface area contributed by atoms with Crippen molar-refractivity contribution in [2.75, 3.05) is 6.54 Å². The Labute approximate surface area is 201 Å². The SMILES string of the molecule is CC[C@H](C(=O)NCCc1ccccn1)n1c(Cc2ccccc2F)nc2cc(Cl)c(Cl)cc21. The van der Waals surface area contributed by atoms with Crippen LogP contribution in [-0.2, 0) is 17.6 Å². The Morgan fingerprint density at radius 3 is 2.61 bits per heavy atom. The molecule has 0 unspecified atom stereocenters. The van der Waals surface area contributed by atoms with Gasteiger partial charge in [-0.15, -0.1) is 0 Å². The van der Waals surface area contributed by atoms with Gasteiger partial charge < -0.3 is 9.88 Å². The van der Waals surface area contributed by atoms with E-state index in [1.165, 1.54) is 6.07 Å². The summed E-state index contributed by atoms with van der Waals surface area (Å²) in [5.41, 5.74) is 2.69. The lowest BCUT2D eigenvalue weighted by Gasteiger charge is -2.20. The lowest BCUT2D eigenvalue weighted by atomic mass is 10.1. The van der Waals surface area contributed by atoms with Gasteiger partial charge >= 0.3 is 0 Å². The molecule has 33 heavy (non-hydrogen) atoms. The first-order valence-corrected chi connectivity index (χ1v) is 11.5. The Kier molecular flexibility index (Phi) is 7.26. The minimum Gasteiger partial charge on any atom is -0.354 e. The van der Waals surface area contributed by atoms with Gasteiger partial charge in [0.25, 0.3) is 0 Å². The van der Waals surface area contributed by atoms with Crippen LogP contribution in [0.15, 0.2) is 60.8 Å². The first-order chi connectivity index (χ1) is 16.0. The van der Waals surface area contributed by atoms with E-state index in [2.05, 4.69) is 10.3 Å². The van der Waals surface area contributed by atoms with Gasteiger partial charge in [0.05, 0.1) is 21.1 Å². The van der Waals surface area contributed by atoms with Crippen molar-refractivity contribution in [1.29, 1.82) is 0 Å². The Morgan fingerprint density at radius 1 is 1.12 bits per heavy atom. The van der Waals surface area contributed by atoms with Crippen molar-refractivity contribution < 1.29 is 9.18 Å². The van der Waals surface area contributed by atoms with Crippen molar-refractivity contribution in [2.24, 2.45) is 0 Å². The monoisotopic (exact) mass is 484 g/mol. The molecule has 0 radical (unpaired) electrons. The van der Waals surface area contributed by atoms with Crippen LogP contribution in [-0.4, -0.2) is 27.0 Å². The Balaban J connectivity index is 1.67. The van der Waals surface area contributed by atoms with Crippen LogP contribution in [0, 0.1) is 5.82 Å². The lowest BCUT2D eigenvalue weighted by Crippen LogP contribution is -2.34. The van der Waals surface area contributed by atoms with Crippen molar-refractivity contribution in [3.63, 3.8) is 0 Å². The molecule has 2 aromatic carbocycles. The van der Waals surface area contributed by atoms with Crippen molar-refractivity contribution in [2.45, 2.75) is 32.2 Å². The van der Waals surface area contributed by atoms with Gasteiger partial charge in [0.2, 0.25) is 5.91 Å². The maximum atomic E-state index is 14.4. The lowest BCUT2D eigenvalue weighted by molar-refractivity contribution is -0.124. The highest BCUT2D eigenvalue weighted by molar-refractivity contribution is 6.42. The number of fused-ring (bicyclic) bond motifs is 1. The van der Waals surface area contributed by atoms with Gasteiger partial charge in [-0.05, 0) is 42.3 Å². The number of halogens is 3. The van der Waals surface area contributed by atoms with Gasteiger partial charge in [-0.25, -0.2) is 9.37 Å². The zero-order chi connectivity index (χ0) is 23.4. The molecule has 8 heteroatoms. The molecule has 0 bridgehead atoms. The number of benzene rings is 2. The molecule has 0 saturated carbocycles. The topological polar surface area (TPSA) is 59.8 Å². The summed E-state index contributed by atoms with van der Waals surface area (Å²) < 4.78 is 16.2. The maximum absolute atomic E-state index is 14.4. The minimum atomic E-state index is -0.544. The minimum absolute atomic E-state index is 0.145. The highest BCUT2D eigenvalue weighted by Gasteiger charge is 2.25. The molecule has 2 heterocycles. The standard InChI is InChI=1S/C25H23Cl2FN4O/c1-2-22(25(33)30-12-10-17-8-5-6-11-29-17)32-23-15-19(27)18(26)14-21(23)31-24(32)13-16-7-3-4-9-20(16)28/h3-9,11,14-15,22H,2,10,12-13H2,1H3,(H,30,33)/t22-/m1/s1. The van der Waals surface area contributed by atoms with Gasteiger partial charge in [0.15, 0.2) is 0 Å². The molecule has 1 amide bonds. The van der Waals surface area contributed by atoms with Gasteiger partial charge in [0, 0.05) is 31.3 Å². The van der Waals surface area contributed by atoms with E-state index in [-0.39, 0.29) is 18.1 Å². The van der Waals surface area contributed by atoms with Gasteiger partial charge in [-0.3, -0.25) is 9.78 Å². The van der Waals surface area contributed by atoms with E-state index in [4.69, 9.17) is 28.2 Å². The highest BCUT2D eigenvalue weighted by atomic mass is 35.5.